The van der Waals surface area contributed by atoms with Gasteiger partial charge in [-0.05, 0) is 74.8 Å². The summed E-state index contributed by atoms with van der Waals surface area (Å²) in [7, 11) is 0. The fraction of sp³-hybridized carbons (Fsp3) is 0.650. The van der Waals surface area contributed by atoms with Crippen LogP contribution in [0.4, 0.5) is 0 Å². The Morgan fingerprint density at radius 1 is 1.17 bits per heavy atom. The maximum atomic E-state index is 12.5. The summed E-state index contributed by atoms with van der Waals surface area (Å²) in [4.78, 5) is 12.5. The number of halogens is 1. The molecular formula is C20H27ClN2O. The summed E-state index contributed by atoms with van der Waals surface area (Å²) in [5.74, 6) is 2.69. The molecule has 4 bridgehead atoms. The summed E-state index contributed by atoms with van der Waals surface area (Å²) < 4.78 is 0. The van der Waals surface area contributed by atoms with Crippen molar-refractivity contribution in [2.75, 3.05) is 6.54 Å². The fourth-order valence-electron chi connectivity index (χ4n) is 5.79. The number of carbonyl (C=O) groups is 1. The minimum Gasteiger partial charge on any atom is -0.350 e. The zero-order valence-electron chi connectivity index (χ0n) is 14.4. The van der Waals surface area contributed by atoms with E-state index in [1.54, 1.807) is 0 Å². The first-order chi connectivity index (χ1) is 11.5. The van der Waals surface area contributed by atoms with Crippen LogP contribution in [0, 0.1) is 17.8 Å². The average molecular weight is 347 g/mol. The standard InChI is InChI=1S/C20H27ClN2O/c1-13(17-4-2-3-5-18(17)21)22-12-19(24)23-20-9-14-6-15(10-20)8-16(7-14)11-20/h2-5,13-16,22H,6-12H2,1H3,(H,23,24)/t13-,14?,15?,16?,20?/m1/s1. The molecule has 24 heavy (non-hydrogen) atoms. The van der Waals surface area contributed by atoms with E-state index >= 15 is 0 Å². The highest BCUT2D eigenvalue weighted by Crippen LogP contribution is 2.55. The van der Waals surface area contributed by atoms with Gasteiger partial charge in [-0.25, -0.2) is 0 Å². The first-order valence-electron chi connectivity index (χ1n) is 9.32. The van der Waals surface area contributed by atoms with Gasteiger partial charge in [-0.2, -0.15) is 0 Å². The SMILES string of the molecule is C[C@@H](NCC(=O)NC12CC3CC(CC(C3)C1)C2)c1ccccc1Cl. The smallest absolute Gasteiger partial charge is 0.234 e. The number of benzene rings is 1. The summed E-state index contributed by atoms with van der Waals surface area (Å²) in [5, 5.41) is 7.49. The Kier molecular flexibility index (Phi) is 4.34. The number of amides is 1. The third-order valence-corrected chi connectivity index (χ3v) is 6.73. The van der Waals surface area contributed by atoms with E-state index in [4.69, 9.17) is 11.6 Å². The molecule has 1 aromatic rings. The first kappa shape index (κ1) is 16.4. The first-order valence-corrected chi connectivity index (χ1v) is 9.70. The van der Waals surface area contributed by atoms with Gasteiger partial charge in [0, 0.05) is 16.6 Å². The number of hydrogen-bond donors (Lipinski definition) is 2. The van der Waals surface area contributed by atoms with Gasteiger partial charge >= 0.3 is 0 Å². The van der Waals surface area contributed by atoms with E-state index in [0.717, 1.165) is 28.3 Å². The Balaban J connectivity index is 1.33. The Hall–Kier alpha value is -1.06. The topological polar surface area (TPSA) is 41.1 Å². The molecule has 1 aromatic carbocycles. The molecule has 4 saturated carbocycles. The zero-order valence-corrected chi connectivity index (χ0v) is 15.1. The molecule has 2 N–H and O–H groups in total. The molecule has 0 saturated heterocycles. The van der Waals surface area contributed by atoms with E-state index in [1.807, 2.05) is 24.3 Å². The average Bonchev–Trinajstić information content (AvgIpc) is 2.51. The Morgan fingerprint density at radius 2 is 1.75 bits per heavy atom. The van der Waals surface area contributed by atoms with Gasteiger partial charge in [0.25, 0.3) is 0 Å². The second-order valence-electron chi connectivity index (χ2n) is 8.37. The van der Waals surface area contributed by atoms with Crippen LogP contribution in [0.15, 0.2) is 24.3 Å². The van der Waals surface area contributed by atoms with E-state index in [0.29, 0.717) is 6.54 Å². The number of nitrogens with one attached hydrogen (secondary N) is 2. The van der Waals surface area contributed by atoms with Gasteiger partial charge in [0.15, 0.2) is 0 Å². The molecule has 0 spiro atoms. The highest BCUT2D eigenvalue weighted by atomic mass is 35.5. The quantitative estimate of drug-likeness (QED) is 0.843. The predicted molar refractivity (Wildman–Crippen MR) is 96.9 cm³/mol. The molecule has 5 rings (SSSR count). The minimum atomic E-state index is 0.0702. The molecule has 0 radical (unpaired) electrons. The van der Waals surface area contributed by atoms with E-state index < -0.39 is 0 Å². The molecule has 4 heteroatoms. The van der Waals surface area contributed by atoms with Crippen molar-refractivity contribution in [2.45, 2.75) is 57.0 Å². The van der Waals surface area contributed by atoms with Crippen LogP contribution in [0.3, 0.4) is 0 Å². The molecule has 4 aliphatic carbocycles. The van der Waals surface area contributed by atoms with Gasteiger partial charge in [0.1, 0.15) is 0 Å². The summed E-state index contributed by atoms with van der Waals surface area (Å²) in [5.41, 5.74) is 1.14. The number of rotatable bonds is 5. The second kappa shape index (κ2) is 6.34. The maximum absolute atomic E-state index is 12.5. The molecule has 0 aliphatic heterocycles. The van der Waals surface area contributed by atoms with E-state index in [1.165, 1.54) is 38.5 Å². The second-order valence-corrected chi connectivity index (χ2v) is 8.78. The van der Waals surface area contributed by atoms with E-state index in [2.05, 4.69) is 17.6 Å². The fourth-order valence-corrected chi connectivity index (χ4v) is 6.09. The molecule has 4 fully saturated rings. The van der Waals surface area contributed by atoms with Gasteiger partial charge in [0.2, 0.25) is 5.91 Å². The normalized spacial score (nSPS) is 35.0. The Bertz CT molecular complexity index is 595. The summed E-state index contributed by atoms with van der Waals surface area (Å²) in [6, 6.07) is 7.88. The van der Waals surface area contributed by atoms with Crippen molar-refractivity contribution in [3.63, 3.8) is 0 Å². The van der Waals surface area contributed by atoms with Crippen molar-refractivity contribution in [3.8, 4) is 0 Å². The van der Waals surface area contributed by atoms with Crippen LogP contribution in [0.5, 0.6) is 0 Å². The van der Waals surface area contributed by atoms with Crippen LogP contribution in [-0.4, -0.2) is 18.0 Å². The summed E-state index contributed by atoms with van der Waals surface area (Å²) >= 11 is 6.24. The summed E-state index contributed by atoms with van der Waals surface area (Å²) in [6.45, 7) is 2.41. The van der Waals surface area contributed by atoms with Crippen LogP contribution in [0.25, 0.3) is 0 Å². The Labute approximate surface area is 149 Å². The third-order valence-electron chi connectivity index (χ3n) is 6.38. The highest BCUT2D eigenvalue weighted by molar-refractivity contribution is 6.31. The molecule has 130 valence electrons. The lowest BCUT2D eigenvalue weighted by Crippen LogP contribution is -2.60. The number of hydrogen-bond acceptors (Lipinski definition) is 2. The molecule has 1 atom stereocenters. The summed E-state index contributed by atoms with van der Waals surface area (Å²) in [6.07, 6.45) is 7.80. The van der Waals surface area contributed by atoms with Gasteiger partial charge in [-0.1, -0.05) is 29.8 Å². The predicted octanol–water partition coefficient (Wildman–Crippen LogP) is 4.08. The molecule has 4 aliphatic rings. The molecule has 0 heterocycles. The zero-order chi connectivity index (χ0) is 16.7. The number of carbonyl (C=O) groups excluding carboxylic acids is 1. The molecular weight excluding hydrogens is 320 g/mol. The lowest BCUT2D eigenvalue weighted by atomic mass is 9.53. The van der Waals surface area contributed by atoms with Crippen LogP contribution in [0.1, 0.15) is 57.1 Å². The Morgan fingerprint density at radius 3 is 2.33 bits per heavy atom. The largest absolute Gasteiger partial charge is 0.350 e. The van der Waals surface area contributed by atoms with Crippen LogP contribution >= 0.6 is 11.6 Å². The van der Waals surface area contributed by atoms with Crippen molar-refractivity contribution >= 4 is 17.5 Å². The maximum Gasteiger partial charge on any atom is 0.234 e. The van der Waals surface area contributed by atoms with Crippen molar-refractivity contribution < 1.29 is 4.79 Å². The van der Waals surface area contributed by atoms with Gasteiger partial charge in [-0.15, -0.1) is 0 Å². The van der Waals surface area contributed by atoms with Crippen molar-refractivity contribution in [2.24, 2.45) is 17.8 Å². The lowest BCUT2D eigenvalue weighted by Gasteiger charge is -2.56. The molecule has 0 unspecified atom stereocenters. The highest BCUT2D eigenvalue weighted by Gasteiger charge is 2.51. The van der Waals surface area contributed by atoms with Crippen LogP contribution < -0.4 is 10.6 Å². The van der Waals surface area contributed by atoms with Crippen LogP contribution in [-0.2, 0) is 4.79 Å². The van der Waals surface area contributed by atoms with Crippen molar-refractivity contribution in [1.82, 2.24) is 10.6 Å². The van der Waals surface area contributed by atoms with Gasteiger partial charge in [0.05, 0.1) is 6.54 Å². The molecule has 1 amide bonds. The monoisotopic (exact) mass is 346 g/mol. The van der Waals surface area contributed by atoms with Gasteiger partial charge in [-0.3, -0.25) is 4.79 Å². The lowest BCUT2D eigenvalue weighted by molar-refractivity contribution is -0.126. The van der Waals surface area contributed by atoms with Crippen molar-refractivity contribution in [3.05, 3.63) is 34.9 Å². The molecule has 3 nitrogen and oxygen atoms in total. The van der Waals surface area contributed by atoms with Crippen molar-refractivity contribution in [1.29, 1.82) is 0 Å². The van der Waals surface area contributed by atoms with Crippen LogP contribution in [0.2, 0.25) is 5.02 Å². The van der Waals surface area contributed by atoms with E-state index in [-0.39, 0.29) is 17.5 Å². The third kappa shape index (κ3) is 3.21. The van der Waals surface area contributed by atoms with Gasteiger partial charge < -0.3 is 10.6 Å². The molecule has 0 aromatic heterocycles. The minimum absolute atomic E-state index is 0.0702. The van der Waals surface area contributed by atoms with E-state index in [9.17, 15) is 4.79 Å².